The molecule has 1 N–H and O–H groups in total. The molecule has 0 radical (unpaired) electrons. The maximum Gasteiger partial charge on any atom is 0.387 e. The standard InChI is InChI=1S/C28H25F2N5O4/c1-34-21-12-20(23-17(25(34)36)3-2-4-22(23)39-27(29)30)35-19-11-15(5-6-18(19)33-24(21)35)16-13-31-26(32-14-16)28(37)7-9-38-10-8-28/h2-6,11,13-14,20-21,27,37H,7-10,12H2,1H3/t20-,21-/m1/s1. The van der Waals surface area contributed by atoms with E-state index in [1.54, 1.807) is 36.5 Å². The Balaban J connectivity index is 1.33. The molecule has 200 valence electrons. The summed E-state index contributed by atoms with van der Waals surface area (Å²) in [5.74, 6) is 0.825. The van der Waals surface area contributed by atoms with E-state index in [2.05, 4.69) is 9.97 Å². The average Bonchev–Trinajstić information content (AvgIpc) is 3.46. The molecule has 2 atom stereocenters. The number of carbonyl (C=O) groups is 1. The lowest BCUT2D eigenvalue weighted by atomic mass is 9.93. The number of ether oxygens (including phenoxy) is 2. The molecule has 0 spiro atoms. The smallest absolute Gasteiger partial charge is 0.387 e. The van der Waals surface area contributed by atoms with Crippen LogP contribution in [0.1, 0.15) is 58.9 Å². The van der Waals surface area contributed by atoms with Crippen molar-refractivity contribution in [1.82, 2.24) is 24.4 Å². The first-order chi connectivity index (χ1) is 18.8. The highest BCUT2D eigenvalue weighted by atomic mass is 19.3. The molecule has 9 nitrogen and oxygen atoms in total. The molecule has 5 heterocycles. The summed E-state index contributed by atoms with van der Waals surface area (Å²) in [4.78, 5) is 28.7. The summed E-state index contributed by atoms with van der Waals surface area (Å²) in [6.07, 6.45) is 4.77. The van der Waals surface area contributed by atoms with Gasteiger partial charge in [-0.3, -0.25) is 4.79 Å². The van der Waals surface area contributed by atoms with Gasteiger partial charge in [0.25, 0.3) is 5.91 Å². The van der Waals surface area contributed by atoms with E-state index in [4.69, 9.17) is 14.5 Å². The summed E-state index contributed by atoms with van der Waals surface area (Å²) in [7, 11) is 1.71. The number of rotatable bonds is 4. The van der Waals surface area contributed by atoms with E-state index in [0.29, 0.717) is 55.3 Å². The van der Waals surface area contributed by atoms with Crippen LogP contribution in [0, 0.1) is 0 Å². The van der Waals surface area contributed by atoms with E-state index in [1.165, 1.54) is 6.07 Å². The van der Waals surface area contributed by atoms with Crippen molar-refractivity contribution in [3.05, 3.63) is 71.6 Å². The maximum absolute atomic E-state index is 13.3. The van der Waals surface area contributed by atoms with E-state index in [-0.39, 0.29) is 17.7 Å². The molecule has 2 aromatic heterocycles. The zero-order chi connectivity index (χ0) is 26.9. The molecule has 3 aliphatic rings. The molecule has 1 fully saturated rings. The highest BCUT2D eigenvalue weighted by Crippen LogP contribution is 2.50. The van der Waals surface area contributed by atoms with Crippen molar-refractivity contribution in [2.24, 2.45) is 0 Å². The molecule has 11 heteroatoms. The molecule has 0 unspecified atom stereocenters. The van der Waals surface area contributed by atoms with Gasteiger partial charge in [0, 0.05) is 68.6 Å². The Hall–Kier alpha value is -3.96. The van der Waals surface area contributed by atoms with Gasteiger partial charge < -0.3 is 24.0 Å². The van der Waals surface area contributed by atoms with E-state index in [0.717, 1.165) is 22.2 Å². The van der Waals surface area contributed by atoms with Crippen LogP contribution < -0.4 is 4.74 Å². The van der Waals surface area contributed by atoms with Crippen LogP contribution in [0.5, 0.6) is 5.75 Å². The Bertz CT molecular complexity index is 1600. The lowest BCUT2D eigenvalue weighted by molar-refractivity contribution is -0.0733. The molecular weight excluding hydrogens is 508 g/mol. The van der Waals surface area contributed by atoms with Gasteiger partial charge in [-0.25, -0.2) is 15.0 Å². The van der Waals surface area contributed by atoms with Crippen molar-refractivity contribution in [1.29, 1.82) is 0 Å². The number of imidazole rings is 1. The Labute approximate surface area is 222 Å². The number of amides is 1. The monoisotopic (exact) mass is 533 g/mol. The number of nitrogens with zero attached hydrogens (tertiary/aromatic N) is 5. The molecule has 7 rings (SSSR count). The van der Waals surface area contributed by atoms with E-state index in [1.807, 2.05) is 22.8 Å². The number of benzene rings is 2. The summed E-state index contributed by atoms with van der Waals surface area (Å²) >= 11 is 0. The second kappa shape index (κ2) is 8.78. The summed E-state index contributed by atoms with van der Waals surface area (Å²) in [5.41, 5.74) is 2.84. The van der Waals surface area contributed by atoms with Gasteiger partial charge in [0.15, 0.2) is 5.82 Å². The molecule has 0 saturated carbocycles. The van der Waals surface area contributed by atoms with Gasteiger partial charge in [-0.05, 0) is 29.8 Å². The predicted molar refractivity (Wildman–Crippen MR) is 135 cm³/mol. The Morgan fingerprint density at radius 1 is 1.10 bits per heavy atom. The highest BCUT2D eigenvalue weighted by molar-refractivity contribution is 5.98. The number of aliphatic hydroxyl groups is 1. The van der Waals surface area contributed by atoms with Crippen molar-refractivity contribution in [3.63, 3.8) is 0 Å². The molecule has 2 aromatic carbocycles. The van der Waals surface area contributed by atoms with Gasteiger partial charge in [0.1, 0.15) is 17.2 Å². The fourth-order valence-corrected chi connectivity index (χ4v) is 6.11. The largest absolute Gasteiger partial charge is 0.434 e. The normalized spacial score (nSPS) is 21.7. The minimum Gasteiger partial charge on any atom is -0.434 e. The quantitative estimate of drug-likeness (QED) is 0.419. The summed E-state index contributed by atoms with van der Waals surface area (Å²) in [5, 5.41) is 10.9. The topological polar surface area (TPSA) is 103 Å². The first kappa shape index (κ1) is 24.1. The van der Waals surface area contributed by atoms with Crippen molar-refractivity contribution >= 4 is 16.9 Å². The average molecular weight is 534 g/mol. The maximum atomic E-state index is 13.3. The van der Waals surface area contributed by atoms with Gasteiger partial charge in [0.05, 0.1) is 23.1 Å². The zero-order valence-electron chi connectivity index (χ0n) is 21.1. The van der Waals surface area contributed by atoms with Crippen LogP contribution in [0.15, 0.2) is 48.8 Å². The summed E-state index contributed by atoms with van der Waals surface area (Å²) < 4.78 is 38.9. The van der Waals surface area contributed by atoms with E-state index >= 15 is 0 Å². The third-order valence-corrected chi connectivity index (χ3v) is 8.13. The number of hydrogen-bond donors (Lipinski definition) is 1. The summed E-state index contributed by atoms with van der Waals surface area (Å²) in [6.45, 7) is -2.10. The lowest BCUT2D eigenvalue weighted by Gasteiger charge is -2.30. The van der Waals surface area contributed by atoms with Crippen LogP contribution in [0.2, 0.25) is 0 Å². The predicted octanol–water partition coefficient (Wildman–Crippen LogP) is 4.21. The molecule has 0 aliphatic carbocycles. The fraction of sp³-hybridized carbons (Fsp3) is 0.357. The number of fused-ring (bicyclic) bond motifs is 9. The van der Waals surface area contributed by atoms with Crippen LogP contribution in [-0.2, 0) is 10.3 Å². The number of alkyl halides is 2. The first-order valence-corrected chi connectivity index (χ1v) is 12.8. The second-order valence-corrected chi connectivity index (χ2v) is 10.3. The number of hydrogen-bond acceptors (Lipinski definition) is 7. The first-order valence-electron chi connectivity index (χ1n) is 12.8. The molecule has 1 amide bonds. The fourth-order valence-electron chi connectivity index (χ4n) is 6.11. The minimum absolute atomic E-state index is 0.00390. The van der Waals surface area contributed by atoms with Gasteiger partial charge in [-0.2, -0.15) is 8.78 Å². The van der Waals surface area contributed by atoms with E-state index in [9.17, 15) is 18.7 Å². The molecular formula is C28H25F2N5O4. The lowest BCUT2D eigenvalue weighted by Crippen LogP contribution is -2.35. The highest BCUT2D eigenvalue weighted by Gasteiger charge is 2.45. The second-order valence-electron chi connectivity index (χ2n) is 10.3. The van der Waals surface area contributed by atoms with Crippen LogP contribution >= 0.6 is 0 Å². The van der Waals surface area contributed by atoms with Crippen molar-refractivity contribution in [2.45, 2.75) is 43.6 Å². The van der Waals surface area contributed by atoms with Crippen molar-refractivity contribution in [3.8, 4) is 16.9 Å². The van der Waals surface area contributed by atoms with Gasteiger partial charge >= 0.3 is 6.61 Å². The van der Waals surface area contributed by atoms with Crippen molar-refractivity contribution < 1.29 is 28.2 Å². The van der Waals surface area contributed by atoms with Crippen molar-refractivity contribution in [2.75, 3.05) is 20.3 Å². The van der Waals surface area contributed by atoms with Crippen LogP contribution in [0.3, 0.4) is 0 Å². The van der Waals surface area contributed by atoms with E-state index < -0.39 is 18.3 Å². The van der Waals surface area contributed by atoms with Gasteiger partial charge in [-0.1, -0.05) is 12.1 Å². The third-order valence-electron chi connectivity index (χ3n) is 8.13. The van der Waals surface area contributed by atoms with Gasteiger partial charge in [0.2, 0.25) is 0 Å². The third kappa shape index (κ3) is 3.71. The van der Waals surface area contributed by atoms with Gasteiger partial charge in [-0.15, -0.1) is 0 Å². The molecule has 1 saturated heterocycles. The number of halogens is 2. The molecule has 4 aromatic rings. The number of carbonyl (C=O) groups excluding carboxylic acids is 1. The minimum atomic E-state index is -3.02. The van der Waals surface area contributed by atoms with Crippen LogP contribution in [-0.4, -0.2) is 62.3 Å². The Morgan fingerprint density at radius 3 is 2.62 bits per heavy atom. The molecule has 2 bridgehead atoms. The SMILES string of the molecule is CN1C(=O)c2cccc(OC(F)F)c2[C@H]2C[C@@H]1c1nc3ccc(-c4cnc(C5(O)CCOCC5)nc4)cc3n12. The molecule has 39 heavy (non-hydrogen) atoms. The van der Waals surface area contributed by atoms with Crippen LogP contribution in [0.4, 0.5) is 8.78 Å². The Morgan fingerprint density at radius 2 is 1.87 bits per heavy atom. The Kier molecular flexibility index (Phi) is 5.43. The zero-order valence-corrected chi connectivity index (χ0v) is 21.1. The number of aromatic nitrogens is 4. The summed E-state index contributed by atoms with van der Waals surface area (Å²) in [6, 6.07) is 9.76. The molecule has 3 aliphatic heterocycles. The van der Waals surface area contributed by atoms with Crippen LogP contribution in [0.25, 0.3) is 22.2 Å².